The first kappa shape index (κ1) is 28.8. The van der Waals surface area contributed by atoms with Gasteiger partial charge < -0.3 is 20.8 Å². The zero-order chi connectivity index (χ0) is 29.1. The number of amides is 3. The number of aliphatic hydroxyl groups is 1. The van der Waals surface area contributed by atoms with Crippen molar-refractivity contribution in [2.45, 2.75) is 34.8 Å². The van der Waals surface area contributed by atoms with E-state index >= 15 is 0 Å². The second-order valence-electron chi connectivity index (χ2n) is 9.19. The maximum absolute atomic E-state index is 13.5. The fourth-order valence-corrected chi connectivity index (χ4v) is 7.77. The molecule has 1 fully saturated rings. The molecule has 4 N–H and O–H groups in total. The molecule has 212 valence electrons. The maximum Gasteiger partial charge on any atom is 0.352 e. The van der Waals surface area contributed by atoms with Gasteiger partial charge in [-0.3, -0.25) is 19.3 Å². The molecule has 1 aromatic heterocycles. The molecule has 0 spiro atoms. The van der Waals surface area contributed by atoms with E-state index in [1.807, 2.05) is 6.92 Å². The minimum Gasteiger partial charge on any atom is -0.477 e. The molecule has 2 unspecified atom stereocenters. The summed E-state index contributed by atoms with van der Waals surface area (Å²) < 4.78 is 0.707. The predicted molar refractivity (Wildman–Crippen MR) is 154 cm³/mol. The number of aliphatic hydroxyl groups excluding tert-OH is 1. The van der Waals surface area contributed by atoms with E-state index in [2.05, 4.69) is 20.8 Å². The number of carbonyl (C=O) groups is 4. The summed E-state index contributed by atoms with van der Waals surface area (Å²) in [5.41, 5.74) is 1.32. The zero-order valence-electron chi connectivity index (χ0n) is 21.6. The third kappa shape index (κ3) is 6.15. The summed E-state index contributed by atoms with van der Waals surface area (Å²) in [6.45, 7) is 1.83. The molecule has 3 amide bonds. The summed E-state index contributed by atoms with van der Waals surface area (Å²) in [6, 6.07) is 14.6. The summed E-state index contributed by atoms with van der Waals surface area (Å²) in [6.07, 6.45) is -1.51. The monoisotopic (exact) mass is 611 g/mol. The highest BCUT2D eigenvalue weighted by Gasteiger charge is 2.54. The Kier molecular flexibility index (Phi) is 8.73. The number of benzene rings is 2. The molecule has 2 aliphatic heterocycles. The highest BCUT2D eigenvalue weighted by Crippen LogP contribution is 2.42. The first-order valence-electron chi connectivity index (χ1n) is 12.5. The number of carboxylic acids is 1. The Labute approximate surface area is 247 Å². The molecule has 2 aromatic carbocycles. The van der Waals surface area contributed by atoms with Crippen molar-refractivity contribution in [1.82, 2.24) is 25.7 Å². The second kappa shape index (κ2) is 12.4. The summed E-state index contributed by atoms with van der Waals surface area (Å²) in [5.74, 6) is -2.51. The molecule has 0 saturated carbocycles. The van der Waals surface area contributed by atoms with Crippen molar-refractivity contribution in [3.8, 4) is 0 Å². The molecule has 14 heteroatoms. The van der Waals surface area contributed by atoms with Crippen LogP contribution >= 0.6 is 34.9 Å². The standard InChI is InChI=1S/C27H25N5O6S3/c1-14-30-31-27(41-14)40-13-17-12-39-25-19(24(36)32(25)20(17)26(37)38)29-22(34)18(15-8-4-2-5-9-15)28-23(35)21(33)16-10-6-3-7-11-16/h2-11,18-19,21,25,33H,12-13H2,1H3,(H,28,35)(H,29,34)(H,37,38)/t18-,19?,21?,25-/m0/s1. The van der Waals surface area contributed by atoms with Crippen molar-refractivity contribution in [3.05, 3.63) is 88.1 Å². The second-order valence-corrected chi connectivity index (χ2v) is 12.7. The Morgan fingerprint density at radius 2 is 1.71 bits per heavy atom. The van der Waals surface area contributed by atoms with Crippen LogP contribution in [0.5, 0.6) is 0 Å². The number of carboxylic acid groups (broad SMARTS) is 1. The third-order valence-electron chi connectivity index (χ3n) is 6.47. The lowest BCUT2D eigenvalue weighted by Gasteiger charge is -2.49. The molecule has 11 nitrogen and oxygen atoms in total. The minimum absolute atomic E-state index is 0.0862. The highest BCUT2D eigenvalue weighted by molar-refractivity contribution is 8.01. The van der Waals surface area contributed by atoms with E-state index in [1.54, 1.807) is 60.7 Å². The molecular formula is C27H25N5O6S3. The molecule has 5 rings (SSSR count). The van der Waals surface area contributed by atoms with Crippen molar-refractivity contribution < 1.29 is 29.4 Å². The number of β-lactam (4-membered cyclic amide) rings is 1. The van der Waals surface area contributed by atoms with Gasteiger partial charge in [0.1, 0.15) is 28.2 Å². The number of hydrogen-bond acceptors (Lipinski definition) is 10. The number of hydrogen-bond donors (Lipinski definition) is 4. The van der Waals surface area contributed by atoms with Crippen molar-refractivity contribution in [1.29, 1.82) is 0 Å². The Balaban J connectivity index is 1.30. The average molecular weight is 612 g/mol. The van der Waals surface area contributed by atoms with Gasteiger partial charge in [-0.1, -0.05) is 83.8 Å². The van der Waals surface area contributed by atoms with E-state index < -0.39 is 47.3 Å². The van der Waals surface area contributed by atoms with E-state index in [0.29, 0.717) is 32.5 Å². The van der Waals surface area contributed by atoms with Crippen LogP contribution in [0.25, 0.3) is 0 Å². The quantitative estimate of drug-likeness (QED) is 0.198. The zero-order valence-corrected chi connectivity index (χ0v) is 24.0. The number of fused-ring (bicyclic) bond motifs is 1. The van der Waals surface area contributed by atoms with Gasteiger partial charge in [0.2, 0.25) is 5.91 Å². The average Bonchev–Trinajstić information content (AvgIpc) is 3.41. The van der Waals surface area contributed by atoms with Crippen LogP contribution in [0.1, 0.15) is 28.3 Å². The molecule has 2 aliphatic rings. The number of rotatable bonds is 10. The van der Waals surface area contributed by atoms with Gasteiger partial charge in [-0.05, 0) is 23.6 Å². The van der Waals surface area contributed by atoms with Crippen molar-refractivity contribution in [2.24, 2.45) is 0 Å². The van der Waals surface area contributed by atoms with Crippen LogP contribution in [0.3, 0.4) is 0 Å². The summed E-state index contributed by atoms with van der Waals surface area (Å²) in [4.78, 5) is 53.0. The van der Waals surface area contributed by atoms with E-state index in [0.717, 1.165) is 5.01 Å². The van der Waals surface area contributed by atoms with Gasteiger partial charge in [-0.15, -0.1) is 22.0 Å². The molecule has 41 heavy (non-hydrogen) atoms. The Morgan fingerprint density at radius 3 is 2.32 bits per heavy atom. The fraction of sp³-hybridized carbons (Fsp3) is 0.259. The smallest absolute Gasteiger partial charge is 0.352 e. The molecule has 3 heterocycles. The minimum atomic E-state index is -1.51. The Morgan fingerprint density at radius 1 is 1.05 bits per heavy atom. The lowest BCUT2D eigenvalue weighted by molar-refractivity contribution is -0.151. The fourth-order valence-electron chi connectivity index (χ4n) is 4.47. The van der Waals surface area contributed by atoms with Gasteiger partial charge in [0.25, 0.3) is 11.8 Å². The first-order chi connectivity index (χ1) is 19.7. The third-order valence-corrected chi connectivity index (χ3v) is 9.87. The SMILES string of the molecule is Cc1nnc(SCC2=C(C(=O)O)N3C(=O)C(NC(=O)[C@@H](NC(=O)C(O)c4ccccc4)c4ccccc4)[C@@H]3SC2)s1. The van der Waals surface area contributed by atoms with Crippen molar-refractivity contribution in [3.63, 3.8) is 0 Å². The van der Waals surface area contributed by atoms with Gasteiger partial charge >= 0.3 is 5.97 Å². The normalized spacial score (nSPS) is 19.6. The van der Waals surface area contributed by atoms with Gasteiger partial charge in [0.05, 0.1) is 0 Å². The molecule has 0 radical (unpaired) electrons. The van der Waals surface area contributed by atoms with E-state index in [4.69, 9.17) is 0 Å². The van der Waals surface area contributed by atoms with E-state index in [1.165, 1.54) is 39.8 Å². The molecular weight excluding hydrogens is 587 g/mol. The highest BCUT2D eigenvalue weighted by atomic mass is 32.2. The van der Waals surface area contributed by atoms with Gasteiger partial charge in [0, 0.05) is 11.5 Å². The van der Waals surface area contributed by atoms with Crippen LogP contribution < -0.4 is 10.6 Å². The largest absolute Gasteiger partial charge is 0.477 e. The molecule has 0 bridgehead atoms. The number of carbonyl (C=O) groups excluding carboxylic acids is 3. The predicted octanol–water partition coefficient (Wildman–Crippen LogP) is 2.27. The molecule has 4 atom stereocenters. The van der Waals surface area contributed by atoms with Crippen LogP contribution in [0.2, 0.25) is 0 Å². The Bertz CT molecular complexity index is 1500. The van der Waals surface area contributed by atoms with Crippen molar-refractivity contribution in [2.75, 3.05) is 11.5 Å². The van der Waals surface area contributed by atoms with Crippen LogP contribution in [0, 0.1) is 6.92 Å². The summed E-state index contributed by atoms with van der Waals surface area (Å²) in [5, 5.41) is 34.0. The molecule has 0 aliphatic carbocycles. The lowest BCUT2D eigenvalue weighted by atomic mass is 10.0. The first-order valence-corrected chi connectivity index (χ1v) is 15.3. The lowest BCUT2D eigenvalue weighted by Crippen LogP contribution is -2.71. The number of nitrogens with one attached hydrogen (secondary N) is 2. The number of aliphatic carboxylic acids is 1. The molecule has 1 saturated heterocycles. The van der Waals surface area contributed by atoms with Gasteiger partial charge in [0.15, 0.2) is 10.4 Å². The molecule has 3 aromatic rings. The van der Waals surface area contributed by atoms with E-state index in [-0.39, 0.29) is 5.70 Å². The van der Waals surface area contributed by atoms with E-state index in [9.17, 15) is 29.4 Å². The Hall–Kier alpha value is -3.72. The van der Waals surface area contributed by atoms with Gasteiger partial charge in [-0.25, -0.2) is 4.79 Å². The van der Waals surface area contributed by atoms with Crippen molar-refractivity contribution >= 4 is 58.6 Å². The summed E-state index contributed by atoms with van der Waals surface area (Å²) >= 11 is 4.12. The number of nitrogens with zero attached hydrogens (tertiary/aromatic N) is 3. The maximum atomic E-state index is 13.5. The summed E-state index contributed by atoms with van der Waals surface area (Å²) in [7, 11) is 0. The topological polar surface area (TPSA) is 162 Å². The van der Waals surface area contributed by atoms with Gasteiger partial charge in [-0.2, -0.15) is 0 Å². The number of thioether (sulfide) groups is 2. The number of aryl methyl sites for hydroxylation is 1. The van der Waals surface area contributed by atoms with Crippen LogP contribution in [0.4, 0.5) is 0 Å². The van der Waals surface area contributed by atoms with Crippen LogP contribution in [0.15, 0.2) is 76.3 Å². The number of aromatic nitrogens is 2. The van der Waals surface area contributed by atoms with Crippen LogP contribution in [-0.4, -0.2) is 71.9 Å². The van der Waals surface area contributed by atoms with Crippen LogP contribution in [-0.2, 0) is 19.2 Å².